The zero-order valence-electron chi connectivity index (χ0n) is 11.5. The summed E-state index contributed by atoms with van der Waals surface area (Å²) in [6, 6.07) is 5.84. The summed E-state index contributed by atoms with van der Waals surface area (Å²) in [7, 11) is 0. The second-order valence-electron chi connectivity index (χ2n) is 4.98. The molecule has 112 valence electrons. The molecule has 0 aromatic heterocycles. The highest BCUT2D eigenvalue weighted by molar-refractivity contribution is 9.10. The van der Waals surface area contributed by atoms with Crippen LogP contribution in [0.15, 0.2) is 22.7 Å². The average molecular weight is 363 g/mol. The highest BCUT2D eigenvalue weighted by atomic mass is 79.9. The minimum atomic E-state index is 0.324. The third-order valence-electron chi connectivity index (χ3n) is 3.29. The molecule has 1 heterocycles. The fourth-order valence-electron chi connectivity index (χ4n) is 2.19. The number of benzene rings is 1. The zero-order chi connectivity index (χ0) is 14.2. The van der Waals surface area contributed by atoms with Gasteiger partial charge in [0.2, 0.25) is 0 Å². The van der Waals surface area contributed by atoms with Gasteiger partial charge in [0.05, 0.1) is 12.7 Å². The Bertz CT molecular complexity index is 411. The van der Waals surface area contributed by atoms with Gasteiger partial charge in [0.15, 0.2) is 0 Å². The van der Waals surface area contributed by atoms with E-state index >= 15 is 0 Å². The van der Waals surface area contributed by atoms with Crippen LogP contribution in [0.25, 0.3) is 0 Å². The fraction of sp³-hybridized carbons (Fsp3) is 0.600. The number of nitrogens with one attached hydrogen (secondary N) is 1. The van der Waals surface area contributed by atoms with Gasteiger partial charge in [-0.3, -0.25) is 0 Å². The van der Waals surface area contributed by atoms with Crippen molar-refractivity contribution >= 4 is 27.5 Å². The van der Waals surface area contributed by atoms with E-state index in [1.54, 1.807) is 0 Å². The number of ether oxygens (including phenoxy) is 2. The van der Waals surface area contributed by atoms with E-state index < -0.39 is 0 Å². The van der Waals surface area contributed by atoms with Crippen molar-refractivity contribution in [2.45, 2.75) is 31.9 Å². The van der Waals surface area contributed by atoms with Gasteiger partial charge in [-0.1, -0.05) is 27.5 Å². The number of rotatable bonds is 8. The summed E-state index contributed by atoms with van der Waals surface area (Å²) < 4.78 is 12.2. The largest absolute Gasteiger partial charge is 0.379 e. The Morgan fingerprint density at radius 1 is 1.45 bits per heavy atom. The molecule has 1 aliphatic heterocycles. The molecule has 1 N–H and O–H groups in total. The fourth-order valence-corrected chi connectivity index (χ4v) is 2.77. The van der Waals surface area contributed by atoms with Crippen LogP contribution in [-0.2, 0) is 16.0 Å². The van der Waals surface area contributed by atoms with Crippen LogP contribution in [0, 0.1) is 0 Å². The number of hydrogen-bond donors (Lipinski definition) is 1. The Kier molecular flexibility index (Phi) is 7.31. The molecule has 1 aliphatic rings. The van der Waals surface area contributed by atoms with Gasteiger partial charge in [-0.15, -0.1) is 0 Å². The summed E-state index contributed by atoms with van der Waals surface area (Å²) in [5, 5.41) is 4.17. The van der Waals surface area contributed by atoms with Gasteiger partial charge < -0.3 is 14.8 Å². The summed E-state index contributed by atoms with van der Waals surface area (Å²) in [5.41, 5.74) is 1.18. The van der Waals surface area contributed by atoms with Crippen LogP contribution in [0.4, 0.5) is 0 Å². The Hall–Kier alpha value is -0.130. The number of halogens is 2. The van der Waals surface area contributed by atoms with Gasteiger partial charge >= 0.3 is 0 Å². The first-order chi connectivity index (χ1) is 9.75. The van der Waals surface area contributed by atoms with E-state index in [2.05, 4.69) is 21.2 Å². The van der Waals surface area contributed by atoms with Crippen molar-refractivity contribution in [1.82, 2.24) is 5.32 Å². The third kappa shape index (κ3) is 5.70. The SMILES string of the molecule is Clc1ccc(Br)c(CNCCCOCC2CCCO2)c1. The van der Waals surface area contributed by atoms with Crippen molar-refractivity contribution in [3.63, 3.8) is 0 Å². The molecule has 1 atom stereocenters. The van der Waals surface area contributed by atoms with Crippen LogP contribution < -0.4 is 5.32 Å². The van der Waals surface area contributed by atoms with Gasteiger partial charge in [-0.2, -0.15) is 0 Å². The Morgan fingerprint density at radius 3 is 3.15 bits per heavy atom. The highest BCUT2D eigenvalue weighted by Gasteiger charge is 2.14. The molecule has 0 radical (unpaired) electrons. The first kappa shape index (κ1) is 16.2. The van der Waals surface area contributed by atoms with Crippen LogP contribution in [0.3, 0.4) is 0 Å². The second-order valence-corrected chi connectivity index (χ2v) is 6.27. The first-order valence-electron chi connectivity index (χ1n) is 7.09. The Morgan fingerprint density at radius 2 is 2.35 bits per heavy atom. The molecule has 5 heteroatoms. The lowest BCUT2D eigenvalue weighted by Gasteiger charge is -2.10. The molecule has 1 saturated heterocycles. The van der Waals surface area contributed by atoms with Gasteiger partial charge in [0.25, 0.3) is 0 Å². The van der Waals surface area contributed by atoms with Gasteiger partial charge in [0.1, 0.15) is 0 Å². The maximum atomic E-state index is 5.98. The molecule has 1 unspecified atom stereocenters. The predicted molar refractivity (Wildman–Crippen MR) is 85.3 cm³/mol. The molecular weight excluding hydrogens is 342 g/mol. The summed E-state index contributed by atoms with van der Waals surface area (Å²) in [6.07, 6.45) is 3.64. The van der Waals surface area contributed by atoms with Crippen molar-refractivity contribution in [2.75, 3.05) is 26.4 Å². The molecule has 20 heavy (non-hydrogen) atoms. The molecular formula is C15H21BrClNO2. The first-order valence-corrected chi connectivity index (χ1v) is 8.27. The molecule has 0 amide bonds. The Balaban J connectivity index is 1.51. The smallest absolute Gasteiger partial charge is 0.0809 e. The van der Waals surface area contributed by atoms with Crippen LogP contribution in [-0.4, -0.2) is 32.5 Å². The second kappa shape index (κ2) is 9.00. The van der Waals surface area contributed by atoms with E-state index in [1.165, 1.54) is 12.0 Å². The Labute approximate surface area is 134 Å². The maximum Gasteiger partial charge on any atom is 0.0809 e. The van der Waals surface area contributed by atoms with Gasteiger partial charge in [-0.25, -0.2) is 0 Å². The van der Waals surface area contributed by atoms with Crippen LogP contribution in [0.5, 0.6) is 0 Å². The lowest BCUT2D eigenvalue weighted by molar-refractivity contribution is 0.0166. The van der Waals surface area contributed by atoms with Gasteiger partial charge in [0, 0.05) is 29.3 Å². The minimum Gasteiger partial charge on any atom is -0.379 e. The van der Waals surface area contributed by atoms with Crippen molar-refractivity contribution < 1.29 is 9.47 Å². The molecule has 2 rings (SSSR count). The van der Waals surface area contributed by atoms with E-state index in [0.29, 0.717) is 6.10 Å². The summed E-state index contributed by atoms with van der Waals surface area (Å²) in [4.78, 5) is 0. The van der Waals surface area contributed by atoms with E-state index in [9.17, 15) is 0 Å². The predicted octanol–water partition coefficient (Wildman–Crippen LogP) is 3.78. The van der Waals surface area contributed by atoms with E-state index in [4.69, 9.17) is 21.1 Å². The van der Waals surface area contributed by atoms with Crippen molar-refractivity contribution in [2.24, 2.45) is 0 Å². The molecule has 3 nitrogen and oxygen atoms in total. The molecule has 1 aromatic carbocycles. The molecule has 1 fully saturated rings. The van der Waals surface area contributed by atoms with E-state index in [1.807, 2.05) is 18.2 Å². The van der Waals surface area contributed by atoms with E-state index in [0.717, 1.165) is 55.2 Å². The normalized spacial score (nSPS) is 18.6. The molecule has 0 spiro atoms. The summed E-state index contributed by atoms with van der Waals surface area (Å²) in [5.74, 6) is 0. The lowest BCUT2D eigenvalue weighted by atomic mass is 10.2. The highest BCUT2D eigenvalue weighted by Crippen LogP contribution is 2.20. The average Bonchev–Trinajstić information content (AvgIpc) is 2.94. The van der Waals surface area contributed by atoms with Crippen molar-refractivity contribution in [1.29, 1.82) is 0 Å². The van der Waals surface area contributed by atoms with Gasteiger partial charge in [-0.05, 0) is 49.6 Å². The summed E-state index contributed by atoms with van der Waals surface area (Å²) in [6.45, 7) is 4.16. The topological polar surface area (TPSA) is 30.5 Å². The maximum absolute atomic E-state index is 5.98. The van der Waals surface area contributed by atoms with Crippen LogP contribution in [0.2, 0.25) is 5.02 Å². The zero-order valence-corrected chi connectivity index (χ0v) is 13.9. The molecule has 0 bridgehead atoms. The monoisotopic (exact) mass is 361 g/mol. The standard InChI is InChI=1S/C15H21BrClNO2/c16-15-5-4-13(17)9-12(15)10-18-6-2-7-19-11-14-3-1-8-20-14/h4-5,9,14,18H,1-3,6-8,10-11H2. The molecule has 0 saturated carbocycles. The third-order valence-corrected chi connectivity index (χ3v) is 4.30. The minimum absolute atomic E-state index is 0.324. The lowest BCUT2D eigenvalue weighted by Crippen LogP contribution is -2.19. The van der Waals surface area contributed by atoms with Crippen LogP contribution >= 0.6 is 27.5 Å². The summed E-state index contributed by atoms with van der Waals surface area (Å²) >= 11 is 9.50. The molecule has 1 aromatic rings. The van der Waals surface area contributed by atoms with E-state index in [-0.39, 0.29) is 0 Å². The molecule has 0 aliphatic carbocycles. The van der Waals surface area contributed by atoms with Crippen molar-refractivity contribution in [3.8, 4) is 0 Å². The number of hydrogen-bond acceptors (Lipinski definition) is 3. The van der Waals surface area contributed by atoms with Crippen molar-refractivity contribution in [3.05, 3.63) is 33.3 Å². The quantitative estimate of drug-likeness (QED) is 0.714. The van der Waals surface area contributed by atoms with Crippen LogP contribution in [0.1, 0.15) is 24.8 Å².